The van der Waals surface area contributed by atoms with Crippen molar-refractivity contribution in [3.63, 3.8) is 0 Å². The monoisotopic (exact) mass is 487 g/mol. The third-order valence-electron chi connectivity index (χ3n) is 6.17. The van der Waals surface area contributed by atoms with Gasteiger partial charge in [0.15, 0.2) is 5.11 Å². The zero-order chi connectivity index (χ0) is 24.7. The van der Waals surface area contributed by atoms with Gasteiger partial charge in [0.25, 0.3) is 0 Å². The molecule has 1 aliphatic rings. The van der Waals surface area contributed by atoms with Crippen molar-refractivity contribution in [2.75, 3.05) is 4.90 Å². The Bertz CT molecular complexity index is 1440. The maximum Gasteiger partial charge on any atom is 0.335 e. The molecule has 1 saturated heterocycles. The highest BCUT2D eigenvalue weighted by Crippen LogP contribution is 2.43. The van der Waals surface area contributed by atoms with Gasteiger partial charge < -0.3 is 19.7 Å². The van der Waals surface area contributed by atoms with Gasteiger partial charge >= 0.3 is 5.97 Å². The number of aryl methyl sites for hydroxylation is 2. The zero-order valence-electron chi connectivity index (χ0n) is 19.0. The molecule has 0 amide bonds. The molecular weight excluding hydrogens is 465 g/mol. The largest absolute Gasteiger partial charge is 0.478 e. The molecule has 1 aliphatic heterocycles. The molecule has 1 fully saturated rings. The molecule has 35 heavy (non-hydrogen) atoms. The number of rotatable bonds is 5. The molecule has 0 radical (unpaired) electrons. The Morgan fingerprint density at radius 3 is 2.60 bits per heavy atom. The van der Waals surface area contributed by atoms with Crippen LogP contribution in [0, 0.1) is 19.7 Å². The molecule has 0 unspecified atom stereocenters. The first kappa shape index (κ1) is 22.7. The minimum absolute atomic E-state index is 0.219. The Morgan fingerprint density at radius 2 is 1.91 bits per heavy atom. The van der Waals surface area contributed by atoms with Crippen LogP contribution >= 0.6 is 12.2 Å². The molecular formula is C27H22FN3O3S. The summed E-state index contributed by atoms with van der Waals surface area (Å²) in [7, 11) is 0. The molecule has 0 saturated carbocycles. The Balaban J connectivity index is 1.60. The van der Waals surface area contributed by atoms with Crippen molar-refractivity contribution in [2.45, 2.75) is 25.9 Å². The van der Waals surface area contributed by atoms with Crippen LogP contribution in [0.25, 0.3) is 11.3 Å². The second kappa shape index (κ2) is 8.96. The van der Waals surface area contributed by atoms with Crippen molar-refractivity contribution in [1.82, 2.24) is 10.3 Å². The van der Waals surface area contributed by atoms with Crippen molar-refractivity contribution in [3.05, 3.63) is 107 Å². The fourth-order valence-corrected chi connectivity index (χ4v) is 4.78. The van der Waals surface area contributed by atoms with E-state index in [1.54, 1.807) is 43.5 Å². The van der Waals surface area contributed by atoms with Crippen molar-refractivity contribution >= 4 is 29.0 Å². The Kier molecular flexibility index (Phi) is 5.82. The van der Waals surface area contributed by atoms with E-state index >= 15 is 0 Å². The minimum Gasteiger partial charge on any atom is -0.478 e. The molecule has 3 heterocycles. The second-order valence-corrected chi connectivity index (χ2v) is 8.85. The quantitative estimate of drug-likeness (QED) is 0.336. The van der Waals surface area contributed by atoms with Crippen LogP contribution in [-0.4, -0.2) is 21.2 Å². The number of anilines is 1. The number of carboxylic acids is 1. The van der Waals surface area contributed by atoms with Gasteiger partial charge in [0, 0.05) is 17.4 Å². The third kappa shape index (κ3) is 4.17. The average Bonchev–Trinajstić information content (AvgIpc) is 3.46. The molecule has 6 nitrogen and oxygen atoms in total. The van der Waals surface area contributed by atoms with Crippen LogP contribution < -0.4 is 10.2 Å². The number of hydrogen-bond donors (Lipinski definition) is 2. The summed E-state index contributed by atoms with van der Waals surface area (Å²) in [6.45, 7) is 3.56. The van der Waals surface area contributed by atoms with Crippen LogP contribution in [-0.2, 0) is 0 Å². The number of hydrogen-bond acceptors (Lipinski definition) is 4. The number of aromatic carboxylic acids is 1. The number of carboxylic acid groups (broad SMARTS) is 1. The predicted octanol–water partition coefficient (Wildman–Crippen LogP) is 5.97. The molecule has 2 aromatic heterocycles. The van der Waals surface area contributed by atoms with E-state index in [2.05, 4.69) is 10.3 Å². The normalized spacial score (nSPS) is 17.5. The number of benzene rings is 2. The number of furan rings is 1. The number of halogens is 1. The summed E-state index contributed by atoms with van der Waals surface area (Å²) >= 11 is 5.71. The smallest absolute Gasteiger partial charge is 0.335 e. The van der Waals surface area contributed by atoms with Gasteiger partial charge in [-0.25, -0.2) is 9.18 Å². The highest BCUT2D eigenvalue weighted by molar-refractivity contribution is 7.80. The van der Waals surface area contributed by atoms with Gasteiger partial charge in [-0.2, -0.15) is 0 Å². The zero-order valence-corrected chi connectivity index (χ0v) is 19.8. The van der Waals surface area contributed by atoms with Gasteiger partial charge in [-0.1, -0.05) is 12.1 Å². The van der Waals surface area contributed by atoms with E-state index in [0.717, 1.165) is 22.5 Å². The highest BCUT2D eigenvalue weighted by atomic mass is 32.1. The summed E-state index contributed by atoms with van der Waals surface area (Å²) in [5, 5.41) is 13.1. The van der Waals surface area contributed by atoms with E-state index in [-0.39, 0.29) is 23.5 Å². The maximum atomic E-state index is 14.0. The first-order valence-corrected chi connectivity index (χ1v) is 11.4. The molecule has 176 valence electrons. The van der Waals surface area contributed by atoms with Gasteiger partial charge in [-0.15, -0.1) is 0 Å². The number of thiocarbonyl (C=S) groups is 1. The van der Waals surface area contributed by atoms with Gasteiger partial charge in [0.05, 0.1) is 17.3 Å². The Hall–Kier alpha value is -4.04. The number of aromatic nitrogens is 1. The van der Waals surface area contributed by atoms with Gasteiger partial charge in [0.1, 0.15) is 23.4 Å². The van der Waals surface area contributed by atoms with E-state index in [1.807, 2.05) is 42.2 Å². The summed E-state index contributed by atoms with van der Waals surface area (Å²) in [4.78, 5) is 17.8. The van der Waals surface area contributed by atoms with Crippen LogP contribution in [0.1, 0.15) is 45.0 Å². The molecule has 2 N–H and O–H groups in total. The SMILES string of the molecule is Cc1cc(N2C(=S)N[C@@H](c3ccccn3)[C@@H]2c2ccc(-c3ccc(C(=O)O)cc3C)o2)ccc1F. The van der Waals surface area contributed by atoms with Crippen LogP contribution in [0.3, 0.4) is 0 Å². The van der Waals surface area contributed by atoms with Crippen LogP contribution in [0.2, 0.25) is 0 Å². The molecule has 2 aromatic carbocycles. The third-order valence-corrected chi connectivity index (χ3v) is 6.49. The Labute approximate surface area is 207 Å². The summed E-state index contributed by atoms with van der Waals surface area (Å²) in [6.07, 6.45) is 1.72. The fraction of sp³-hybridized carbons (Fsp3) is 0.148. The van der Waals surface area contributed by atoms with Gasteiger partial charge in [0.2, 0.25) is 0 Å². The van der Waals surface area contributed by atoms with E-state index in [9.17, 15) is 14.3 Å². The second-order valence-electron chi connectivity index (χ2n) is 8.47. The van der Waals surface area contributed by atoms with Crippen molar-refractivity contribution in [3.8, 4) is 11.3 Å². The maximum absolute atomic E-state index is 14.0. The van der Waals surface area contributed by atoms with E-state index in [1.165, 1.54) is 6.07 Å². The first-order valence-electron chi connectivity index (χ1n) is 11.0. The molecule has 0 spiro atoms. The van der Waals surface area contributed by atoms with Crippen LogP contribution in [0.5, 0.6) is 0 Å². The average molecular weight is 488 g/mol. The first-order chi connectivity index (χ1) is 16.8. The van der Waals surface area contributed by atoms with E-state index in [4.69, 9.17) is 16.6 Å². The van der Waals surface area contributed by atoms with Gasteiger partial charge in [-0.05, 0) is 91.8 Å². The fourth-order valence-electron chi connectivity index (χ4n) is 4.43. The molecule has 0 bridgehead atoms. The summed E-state index contributed by atoms with van der Waals surface area (Å²) in [6, 6.07) is 18.6. The molecule has 8 heteroatoms. The lowest BCUT2D eigenvalue weighted by Crippen LogP contribution is -2.29. The lowest BCUT2D eigenvalue weighted by atomic mass is 10.0. The number of carbonyl (C=O) groups is 1. The predicted molar refractivity (Wildman–Crippen MR) is 135 cm³/mol. The van der Waals surface area contributed by atoms with Gasteiger partial charge in [-0.3, -0.25) is 4.98 Å². The number of nitrogens with one attached hydrogen (secondary N) is 1. The topological polar surface area (TPSA) is 78.6 Å². The molecule has 5 rings (SSSR count). The summed E-state index contributed by atoms with van der Waals surface area (Å²) < 4.78 is 20.4. The standard InChI is InChI=1S/C27H22FN3O3S/c1-15-13-17(26(32)33)6-8-19(15)22-10-11-23(34-22)25-24(21-5-3-4-12-29-21)30-27(35)31(25)18-7-9-20(28)16(2)14-18/h3-14,24-25H,1-2H3,(H,30,35)(H,32,33)/t24-,25-/m0/s1. The van der Waals surface area contributed by atoms with Crippen molar-refractivity contribution < 1.29 is 18.7 Å². The number of pyridine rings is 1. The van der Waals surface area contributed by atoms with Crippen LogP contribution in [0.15, 0.2) is 77.3 Å². The Morgan fingerprint density at radius 1 is 1.09 bits per heavy atom. The van der Waals surface area contributed by atoms with Crippen LogP contribution in [0.4, 0.5) is 10.1 Å². The molecule has 2 atom stereocenters. The molecule has 4 aromatic rings. The lowest BCUT2D eigenvalue weighted by molar-refractivity contribution is 0.0696. The van der Waals surface area contributed by atoms with Crippen molar-refractivity contribution in [1.29, 1.82) is 0 Å². The summed E-state index contributed by atoms with van der Waals surface area (Å²) in [5.41, 5.74) is 3.86. The van der Waals surface area contributed by atoms with E-state index < -0.39 is 5.97 Å². The number of nitrogens with zero attached hydrogens (tertiary/aromatic N) is 2. The minimum atomic E-state index is -0.978. The molecule has 0 aliphatic carbocycles. The van der Waals surface area contributed by atoms with Crippen molar-refractivity contribution in [2.24, 2.45) is 0 Å². The lowest BCUT2D eigenvalue weighted by Gasteiger charge is -2.26. The highest BCUT2D eigenvalue weighted by Gasteiger charge is 2.42. The van der Waals surface area contributed by atoms with E-state index in [0.29, 0.717) is 22.2 Å². The summed E-state index contributed by atoms with van der Waals surface area (Å²) in [5.74, 6) is -0.00654.